The van der Waals surface area contributed by atoms with E-state index in [4.69, 9.17) is 0 Å². The van der Waals surface area contributed by atoms with Crippen molar-refractivity contribution in [3.05, 3.63) is 23.2 Å². The molecule has 3 heterocycles. The predicted octanol–water partition coefficient (Wildman–Crippen LogP) is 3.71. The largest absolute Gasteiger partial charge is 0.351 e. The summed E-state index contributed by atoms with van der Waals surface area (Å²) in [6, 6.07) is 4.25. The lowest BCUT2D eigenvalue weighted by atomic mass is 9.92. The van der Waals surface area contributed by atoms with E-state index in [-0.39, 0.29) is 17.9 Å². The molecule has 0 spiro atoms. The molecule has 1 unspecified atom stereocenters. The summed E-state index contributed by atoms with van der Waals surface area (Å²) in [5.41, 5.74) is 0.864. The van der Waals surface area contributed by atoms with Gasteiger partial charge in [0.25, 0.3) is 5.91 Å². The zero-order valence-electron chi connectivity index (χ0n) is 18.4. The molecule has 2 amide bonds. The number of hydrogen-bond acceptors (Lipinski definition) is 4. The quantitative estimate of drug-likeness (QED) is 0.787. The summed E-state index contributed by atoms with van der Waals surface area (Å²) in [6.45, 7) is 3.71. The SMILES string of the molecule is CN(C)CCN1C(=O)c2cc3sccc3n2CC1(C)C(=O)NC1CCCCCCC1. The van der Waals surface area contributed by atoms with Gasteiger partial charge in [0.2, 0.25) is 5.91 Å². The molecule has 0 saturated heterocycles. The molecule has 1 aliphatic heterocycles. The highest BCUT2D eigenvalue weighted by molar-refractivity contribution is 7.17. The monoisotopic (exact) mass is 430 g/mol. The molecule has 7 heteroatoms. The lowest BCUT2D eigenvalue weighted by molar-refractivity contribution is -0.133. The number of aromatic nitrogens is 1. The third-order valence-corrected chi connectivity index (χ3v) is 7.60. The van der Waals surface area contributed by atoms with Gasteiger partial charge in [-0.15, -0.1) is 11.3 Å². The molecule has 0 bridgehead atoms. The molecule has 2 aromatic rings. The van der Waals surface area contributed by atoms with Crippen LogP contribution in [-0.4, -0.2) is 64.9 Å². The maximum atomic E-state index is 13.7. The van der Waals surface area contributed by atoms with Crippen molar-refractivity contribution in [3.63, 3.8) is 0 Å². The molecule has 164 valence electrons. The van der Waals surface area contributed by atoms with Crippen LogP contribution in [0, 0.1) is 0 Å². The maximum absolute atomic E-state index is 13.7. The molecule has 1 fully saturated rings. The number of amides is 2. The number of thiophene rings is 1. The molecular formula is C23H34N4O2S. The van der Waals surface area contributed by atoms with Crippen LogP contribution in [0.3, 0.4) is 0 Å². The summed E-state index contributed by atoms with van der Waals surface area (Å²) < 4.78 is 3.16. The lowest BCUT2D eigenvalue weighted by Crippen LogP contribution is -2.65. The van der Waals surface area contributed by atoms with E-state index < -0.39 is 5.54 Å². The molecule has 2 aliphatic rings. The van der Waals surface area contributed by atoms with Crippen LogP contribution in [0.5, 0.6) is 0 Å². The number of nitrogens with one attached hydrogen (secondary N) is 1. The van der Waals surface area contributed by atoms with Gasteiger partial charge in [-0.2, -0.15) is 0 Å². The highest BCUT2D eigenvalue weighted by Gasteiger charge is 2.48. The highest BCUT2D eigenvalue weighted by Crippen LogP contribution is 2.34. The molecule has 1 N–H and O–H groups in total. The Bertz CT molecular complexity index is 910. The fourth-order valence-electron chi connectivity index (χ4n) is 4.86. The third kappa shape index (κ3) is 4.02. The average molecular weight is 431 g/mol. The molecule has 1 saturated carbocycles. The molecule has 1 atom stereocenters. The van der Waals surface area contributed by atoms with Crippen molar-refractivity contribution in [2.24, 2.45) is 0 Å². The van der Waals surface area contributed by atoms with Gasteiger partial charge in [0.05, 0.1) is 16.8 Å². The smallest absolute Gasteiger partial charge is 0.271 e. The van der Waals surface area contributed by atoms with Crippen LogP contribution in [0.25, 0.3) is 10.2 Å². The second-order valence-corrected chi connectivity index (χ2v) is 10.3. The lowest BCUT2D eigenvalue weighted by Gasteiger charge is -2.45. The van der Waals surface area contributed by atoms with Crippen LogP contribution >= 0.6 is 11.3 Å². The second kappa shape index (κ2) is 8.71. The fourth-order valence-corrected chi connectivity index (χ4v) is 5.69. The number of fused-ring (bicyclic) bond motifs is 3. The highest BCUT2D eigenvalue weighted by atomic mass is 32.1. The molecular weight excluding hydrogens is 396 g/mol. The van der Waals surface area contributed by atoms with Gasteiger partial charge in [-0.05, 0) is 51.4 Å². The first-order chi connectivity index (χ1) is 14.4. The van der Waals surface area contributed by atoms with Crippen molar-refractivity contribution in [2.45, 2.75) is 70.0 Å². The summed E-state index contributed by atoms with van der Waals surface area (Å²) >= 11 is 1.64. The number of nitrogens with zero attached hydrogens (tertiary/aromatic N) is 3. The second-order valence-electron chi connectivity index (χ2n) is 9.34. The van der Waals surface area contributed by atoms with Crippen LogP contribution in [0.4, 0.5) is 0 Å². The van der Waals surface area contributed by atoms with Gasteiger partial charge < -0.3 is 19.7 Å². The van der Waals surface area contributed by atoms with Crippen LogP contribution < -0.4 is 5.32 Å². The van der Waals surface area contributed by atoms with Crippen molar-refractivity contribution >= 4 is 33.4 Å². The van der Waals surface area contributed by atoms with Crippen LogP contribution in [0.1, 0.15) is 62.4 Å². The minimum Gasteiger partial charge on any atom is -0.351 e. The van der Waals surface area contributed by atoms with E-state index in [1.54, 1.807) is 11.3 Å². The standard InChI is InChI=1S/C23H34N4O2S/c1-23(22(29)24-17-9-7-5-4-6-8-10-17)16-26-18-11-14-30-20(18)15-19(26)21(28)27(23)13-12-25(2)3/h11,14-15,17H,4-10,12-13,16H2,1-3H3,(H,24,29). The fraction of sp³-hybridized carbons (Fsp3) is 0.652. The Hall–Kier alpha value is -1.86. The van der Waals surface area contributed by atoms with Gasteiger partial charge in [0.1, 0.15) is 11.2 Å². The van der Waals surface area contributed by atoms with Crippen molar-refractivity contribution in [2.75, 3.05) is 27.2 Å². The van der Waals surface area contributed by atoms with Crippen molar-refractivity contribution in [1.29, 1.82) is 0 Å². The van der Waals surface area contributed by atoms with Gasteiger partial charge in [-0.3, -0.25) is 9.59 Å². The minimum absolute atomic E-state index is 0.0112. The van der Waals surface area contributed by atoms with E-state index in [0.717, 1.165) is 29.6 Å². The number of carbonyl (C=O) groups excluding carboxylic acids is 2. The Kier molecular flexibility index (Phi) is 6.21. The van der Waals surface area contributed by atoms with Crippen LogP contribution in [0.2, 0.25) is 0 Å². The zero-order valence-corrected chi connectivity index (χ0v) is 19.3. The van der Waals surface area contributed by atoms with Gasteiger partial charge >= 0.3 is 0 Å². The number of rotatable bonds is 5. The van der Waals surface area contributed by atoms with E-state index in [2.05, 4.69) is 20.9 Å². The van der Waals surface area contributed by atoms with Crippen molar-refractivity contribution < 1.29 is 9.59 Å². The van der Waals surface area contributed by atoms with E-state index in [1.807, 2.05) is 37.4 Å². The number of likely N-dealkylation sites (N-methyl/N-ethyl adjacent to an activating group) is 1. The van der Waals surface area contributed by atoms with E-state index in [9.17, 15) is 9.59 Å². The minimum atomic E-state index is -0.893. The van der Waals surface area contributed by atoms with Gasteiger partial charge in [-0.1, -0.05) is 32.1 Å². The maximum Gasteiger partial charge on any atom is 0.271 e. The van der Waals surface area contributed by atoms with Crippen LogP contribution in [0.15, 0.2) is 17.5 Å². The van der Waals surface area contributed by atoms with Crippen molar-refractivity contribution in [3.8, 4) is 0 Å². The molecule has 30 heavy (non-hydrogen) atoms. The average Bonchev–Trinajstić information content (AvgIpc) is 3.25. The summed E-state index contributed by atoms with van der Waals surface area (Å²) in [5.74, 6) is -0.0512. The predicted molar refractivity (Wildman–Crippen MR) is 122 cm³/mol. The summed E-state index contributed by atoms with van der Waals surface area (Å²) in [5, 5.41) is 5.39. The van der Waals surface area contributed by atoms with E-state index in [1.165, 1.54) is 32.1 Å². The first-order valence-electron chi connectivity index (χ1n) is 11.2. The Labute approximate surface area is 183 Å². The number of hydrogen-bond donors (Lipinski definition) is 1. The summed E-state index contributed by atoms with van der Waals surface area (Å²) in [4.78, 5) is 31.1. The summed E-state index contributed by atoms with van der Waals surface area (Å²) in [7, 11) is 4.00. The van der Waals surface area contributed by atoms with Crippen molar-refractivity contribution in [1.82, 2.24) is 19.7 Å². The molecule has 4 rings (SSSR count). The van der Waals surface area contributed by atoms with Gasteiger partial charge in [0, 0.05) is 19.1 Å². The Morgan fingerprint density at radius 3 is 2.63 bits per heavy atom. The first-order valence-corrected chi connectivity index (χ1v) is 12.1. The first kappa shape index (κ1) is 21.4. The van der Waals surface area contributed by atoms with E-state index in [0.29, 0.717) is 18.8 Å². The van der Waals surface area contributed by atoms with E-state index >= 15 is 0 Å². The normalized spacial score (nSPS) is 23.5. The van der Waals surface area contributed by atoms with Gasteiger partial charge in [-0.25, -0.2) is 0 Å². The molecule has 0 radical (unpaired) electrons. The Balaban J connectivity index is 1.63. The molecule has 1 aliphatic carbocycles. The summed E-state index contributed by atoms with van der Waals surface area (Å²) in [6.07, 6.45) is 8.22. The third-order valence-electron chi connectivity index (χ3n) is 6.75. The molecule has 2 aromatic heterocycles. The van der Waals surface area contributed by atoms with Gasteiger partial charge in [0.15, 0.2) is 0 Å². The number of carbonyl (C=O) groups is 2. The Morgan fingerprint density at radius 2 is 1.93 bits per heavy atom. The molecule has 0 aromatic carbocycles. The Morgan fingerprint density at radius 1 is 1.23 bits per heavy atom. The topological polar surface area (TPSA) is 57.6 Å². The zero-order chi connectivity index (χ0) is 21.3. The van der Waals surface area contributed by atoms with Crippen LogP contribution in [-0.2, 0) is 11.3 Å². The molecule has 6 nitrogen and oxygen atoms in total.